The summed E-state index contributed by atoms with van der Waals surface area (Å²) in [5, 5.41) is 9.29. The van der Waals surface area contributed by atoms with E-state index in [4.69, 9.17) is 26.3 Å². The second-order valence-electron chi connectivity index (χ2n) is 4.04. The first-order chi connectivity index (χ1) is 10.1. The Hall–Kier alpha value is -2.19. The van der Waals surface area contributed by atoms with E-state index in [1.165, 1.54) is 20.3 Å². The molecule has 1 rings (SSSR count). The van der Waals surface area contributed by atoms with Gasteiger partial charge >= 0.3 is 5.97 Å². The van der Waals surface area contributed by atoms with Crippen molar-refractivity contribution in [2.45, 2.75) is 13.3 Å². The summed E-state index contributed by atoms with van der Waals surface area (Å²) >= 11 is 6.16. The van der Waals surface area contributed by atoms with Crippen molar-refractivity contribution in [1.29, 1.82) is 5.26 Å². The molecule has 5 nitrogen and oxygen atoms in total. The summed E-state index contributed by atoms with van der Waals surface area (Å²) < 4.78 is 15.3. The van der Waals surface area contributed by atoms with Crippen molar-refractivity contribution in [3.8, 4) is 17.6 Å². The largest absolute Gasteiger partial charge is 0.493 e. The van der Waals surface area contributed by atoms with Crippen LogP contribution < -0.4 is 9.47 Å². The number of nitriles is 1. The van der Waals surface area contributed by atoms with E-state index in [9.17, 15) is 4.79 Å². The van der Waals surface area contributed by atoms with Crippen LogP contribution >= 0.6 is 11.6 Å². The van der Waals surface area contributed by atoms with E-state index in [1.54, 1.807) is 18.2 Å². The monoisotopic (exact) mass is 309 g/mol. The van der Waals surface area contributed by atoms with Gasteiger partial charge in [-0.3, -0.25) is 0 Å². The summed E-state index contributed by atoms with van der Waals surface area (Å²) in [6.45, 7) is 2.49. The predicted octanol–water partition coefficient (Wildman–Crippen LogP) is 3.22. The van der Waals surface area contributed by atoms with Crippen LogP contribution in [0.4, 0.5) is 0 Å². The molecule has 0 heterocycles. The molecule has 0 N–H and O–H groups in total. The summed E-state index contributed by atoms with van der Waals surface area (Å²) in [4.78, 5) is 11.4. The van der Waals surface area contributed by atoms with Gasteiger partial charge in [-0.15, -0.1) is 0 Å². The van der Waals surface area contributed by atoms with Crippen LogP contribution in [0.5, 0.6) is 11.5 Å². The average Bonchev–Trinajstić information content (AvgIpc) is 2.50. The topological polar surface area (TPSA) is 68.5 Å². The molecule has 0 saturated carbocycles. The average molecular weight is 310 g/mol. The molecule has 0 spiro atoms. The van der Waals surface area contributed by atoms with Gasteiger partial charge in [0.1, 0.15) is 11.6 Å². The highest BCUT2D eigenvalue weighted by Crippen LogP contribution is 2.37. The number of esters is 1. The van der Waals surface area contributed by atoms with Crippen LogP contribution in [-0.2, 0) is 9.53 Å². The van der Waals surface area contributed by atoms with Gasteiger partial charge in [0.15, 0.2) is 11.5 Å². The highest BCUT2D eigenvalue weighted by Gasteiger charge is 2.13. The van der Waals surface area contributed by atoms with E-state index in [0.29, 0.717) is 28.7 Å². The normalized spacial score (nSPS) is 10.7. The molecule has 0 fully saturated rings. The molecule has 0 unspecified atom stereocenters. The Morgan fingerprint density at radius 2 is 2.14 bits per heavy atom. The molecule has 0 atom stereocenters. The first kappa shape index (κ1) is 16.9. The third-order valence-corrected chi connectivity index (χ3v) is 2.82. The minimum Gasteiger partial charge on any atom is -0.493 e. The van der Waals surface area contributed by atoms with Crippen LogP contribution in [-0.4, -0.2) is 26.8 Å². The SMILES string of the molecule is CCCOc1c(Cl)cc(/C=C(\C#N)C(=O)OC)cc1OC. The van der Waals surface area contributed by atoms with E-state index in [2.05, 4.69) is 4.74 Å². The van der Waals surface area contributed by atoms with Crippen molar-refractivity contribution in [3.05, 3.63) is 28.3 Å². The number of ether oxygens (including phenoxy) is 3. The molecule has 0 bridgehead atoms. The van der Waals surface area contributed by atoms with Crippen molar-refractivity contribution in [1.82, 2.24) is 0 Å². The lowest BCUT2D eigenvalue weighted by Gasteiger charge is -2.12. The van der Waals surface area contributed by atoms with Gasteiger partial charge in [-0.2, -0.15) is 5.26 Å². The number of methoxy groups -OCH3 is 2. The molecular weight excluding hydrogens is 294 g/mol. The van der Waals surface area contributed by atoms with E-state index in [1.807, 2.05) is 6.92 Å². The smallest absolute Gasteiger partial charge is 0.348 e. The molecular formula is C15H16ClNO4. The van der Waals surface area contributed by atoms with Crippen molar-refractivity contribution in [3.63, 3.8) is 0 Å². The molecule has 6 heteroatoms. The second kappa shape index (κ2) is 8.18. The van der Waals surface area contributed by atoms with Gasteiger partial charge < -0.3 is 14.2 Å². The van der Waals surface area contributed by atoms with E-state index >= 15 is 0 Å². The molecule has 0 aliphatic rings. The fourth-order valence-corrected chi connectivity index (χ4v) is 1.85. The lowest BCUT2D eigenvalue weighted by Crippen LogP contribution is -2.03. The minimum absolute atomic E-state index is 0.127. The van der Waals surface area contributed by atoms with Crippen molar-refractivity contribution >= 4 is 23.6 Å². The van der Waals surface area contributed by atoms with Gasteiger partial charge in [0.05, 0.1) is 25.8 Å². The number of hydrogen-bond acceptors (Lipinski definition) is 5. The van der Waals surface area contributed by atoms with Crippen molar-refractivity contribution in [2.24, 2.45) is 0 Å². The number of nitrogens with zero attached hydrogens (tertiary/aromatic N) is 1. The van der Waals surface area contributed by atoms with E-state index in [-0.39, 0.29) is 5.57 Å². The summed E-state index contributed by atoms with van der Waals surface area (Å²) in [5.74, 6) is 0.165. The van der Waals surface area contributed by atoms with Gasteiger partial charge in [-0.05, 0) is 30.2 Å². The Bertz CT molecular complexity index is 590. The molecule has 1 aromatic carbocycles. The fraction of sp³-hybridized carbons (Fsp3) is 0.333. The van der Waals surface area contributed by atoms with Crippen LogP contribution in [0.15, 0.2) is 17.7 Å². The number of benzene rings is 1. The van der Waals surface area contributed by atoms with E-state index < -0.39 is 5.97 Å². The Labute approximate surface area is 128 Å². The molecule has 0 aliphatic carbocycles. The van der Waals surface area contributed by atoms with Gasteiger partial charge in [-0.1, -0.05) is 18.5 Å². The standard InChI is InChI=1S/C15H16ClNO4/c1-4-5-21-14-12(16)7-10(8-13(14)19-2)6-11(9-17)15(18)20-3/h6-8H,4-5H2,1-3H3/b11-6+. The third kappa shape index (κ3) is 4.40. The summed E-state index contributed by atoms with van der Waals surface area (Å²) in [6, 6.07) is 5.01. The fourth-order valence-electron chi connectivity index (χ4n) is 1.58. The molecule has 1 aromatic rings. The summed E-state index contributed by atoms with van der Waals surface area (Å²) in [5.41, 5.74) is 0.417. The maximum Gasteiger partial charge on any atom is 0.348 e. The van der Waals surface area contributed by atoms with Crippen molar-refractivity contribution < 1.29 is 19.0 Å². The highest BCUT2D eigenvalue weighted by atomic mass is 35.5. The first-order valence-electron chi connectivity index (χ1n) is 6.27. The zero-order valence-corrected chi connectivity index (χ0v) is 12.9. The Morgan fingerprint density at radius 3 is 2.67 bits per heavy atom. The van der Waals surface area contributed by atoms with Gasteiger partial charge in [-0.25, -0.2) is 4.79 Å². The number of hydrogen-bond donors (Lipinski definition) is 0. The number of carbonyl (C=O) groups is 1. The van der Waals surface area contributed by atoms with Crippen LogP contribution in [0.25, 0.3) is 6.08 Å². The highest BCUT2D eigenvalue weighted by molar-refractivity contribution is 6.32. The Kier molecular flexibility index (Phi) is 6.57. The quantitative estimate of drug-likeness (QED) is 0.458. The second-order valence-corrected chi connectivity index (χ2v) is 4.45. The molecule has 112 valence electrons. The first-order valence-corrected chi connectivity index (χ1v) is 6.65. The van der Waals surface area contributed by atoms with Gasteiger partial charge in [0.25, 0.3) is 0 Å². The number of carbonyl (C=O) groups excluding carboxylic acids is 1. The van der Waals surface area contributed by atoms with Crippen LogP contribution in [0, 0.1) is 11.3 Å². The van der Waals surface area contributed by atoms with Crippen LogP contribution in [0.3, 0.4) is 0 Å². The Morgan fingerprint density at radius 1 is 1.43 bits per heavy atom. The predicted molar refractivity (Wildman–Crippen MR) is 79.4 cm³/mol. The van der Waals surface area contributed by atoms with Crippen LogP contribution in [0.1, 0.15) is 18.9 Å². The third-order valence-electron chi connectivity index (χ3n) is 2.54. The minimum atomic E-state index is -0.709. The maximum absolute atomic E-state index is 11.4. The lowest BCUT2D eigenvalue weighted by atomic mass is 10.1. The number of halogens is 1. The lowest BCUT2D eigenvalue weighted by molar-refractivity contribution is -0.135. The van der Waals surface area contributed by atoms with Crippen molar-refractivity contribution in [2.75, 3.05) is 20.8 Å². The van der Waals surface area contributed by atoms with E-state index in [0.717, 1.165) is 6.42 Å². The zero-order chi connectivity index (χ0) is 15.8. The van der Waals surface area contributed by atoms with Gasteiger partial charge in [0, 0.05) is 0 Å². The Balaban J connectivity index is 3.22. The molecule has 0 amide bonds. The molecule has 21 heavy (non-hydrogen) atoms. The van der Waals surface area contributed by atoms with Crippen LogP contribution in [0.2, 0.25) is 5.02 Å². The summed E-state index contributed by atoms with van der Waals surface area (Å²) in [7, 11) is 2.70. The van der Waals surface area contributed by atoms with Gasteiger partial charge in [0.2, 0.25) is 0 Å². The molecule has 0 saturated heterocycles. The zero-order valence-electron chi connectivity index (χ0n) is 12.1. The maximum atomic E-state index is 11.4. The number of rotatable bonds is 6. The summed E-state index contributed by atoms with van der Waals surface area (Å²) in [6.07, 6.45) is 2.21. The molecule has 0 aromatic heterocycles. The molecule has 0 radical (unpaired) electrons. The molecule has 0 aliphatic heterocycles.